The van der Waals surface area contributed by atoms with Crippen LogP contribution in [0.2, 0.25) is 0 Å². The number of nitrogens with one attached hydrogen (secondary N) is 1. The lowest BCUT2D eigenvalue weighted by atomic mass is 10.2. The summed E-state index contributed by atoms with van der Waals surface area (Å²) in [7, 11) is 1.56. The zero-order chi connectivity index (χ0) is 12.3. The highest BCUT2D eigenvalue weighted by Crippen LogP contribution is 2.07. The SMILES string of the molecule is CNC(=O)c1ccn(-c2cc(CN)ccn2)n1. The number of aromatic nitrogens is 3. The van der Waals surface area contributed by atoms with Gasteiger partial charge in [-0.3, -0.25) is 4.79 Å². The van der Waals surface area contributed by atoms with Crippen molar-refractivity contribution in [2.75, 3.05) is 7.05 Å². The van der Waals surface area contributed by atoms with E-state index in [1.54, 1.807) is 30.2 Å². The number of amides is 1. The van der Waals surface area contributed by atoms with Crippen molar-refractivity contribution in [1.82, 2.24) is 20.1 Å². The number of hydrogen-bond donors (Lipinski definition) is 2. The molecule has 0 bridgehead atoms. The smallest absolute Gasteiger partial charge is 0.271 e. The third-order valence-electron chi connectivity index (χ3n) is 2.33. The lowest BCUT2D eigenvalue weighted by Crippen LogP contribution is -2.18. The maximum Gasteiger partial charge on any atom is 0.271 e. The molecule has 1 amide bonds. The van der Waals surface area contributed by atoms with E-state index in [1.807, 2.05) is 12.1 Å². The van der Waals surface area contributed by atoms with E-state index in [4.69, 9.17) is 5.73 Å². The first-order chi connectivity index (χ1) is 8.24. The minimum Gasteiger partial charge on any atom is -0.354 e. The quantitative estimate of drug-likeness (QED) is 0.783. The van der Waals surface area contributed by atoms with Gasteiger partial charge < -0.3 is 11.1 Å². The molecule has 3 N–H and O–H groups in total. The van der Waals surface area contributed by atoms with Crippen LogP contribution in [0.15, 0.2) is 30.6 Å². The molecule has 0 radical (unpaired) electrons. The van der Waals surface area contributed by atoms with Gasteiger partial charge in [0.15, 0.2) is 11.5 Å². The van der Waals surface area contributed by atoms with Crippen molar-refractivity contribution in [3.8, 4) is 5.82 Å². The number of carbonyl (C=O) groups excluding carboxylic acids is 1. The predicted molar refractivity (Wildman–Crippen MR) is 62.6 cm³/mol. The Labute approximate surface area is 98.5 Å². The summed E-state index contributed by atoms with van der Waals surface area (Å²) in [5.74, 6) is 0.418. The van der Waals surface area contributed by atoms with E-state index >= 15 is 0 Å². The van der Waals surface area contributed by atoms with Gasteiger partial charge in [0.1, 0.15) is 0 Å². The fourth-order valence-corrected chi connectivity index (χ4v) is 1.41. The first kappa shape index (κ1) is 11.3. The van der Waals surface area contributed by atoms with Crippen molar-refractivity contribution >= 4 is 5.91 Å². The molecule has 2 aromatic heterocycles. The summed E-state index contributed by atoms with van der Waals surface area (Å²) in [6, 6.07) is 5.31. The van der Waals surface area contributed by atoms with Gasteiger partial charge in [0, 0.05) is 26.0 Å². The molecular weight excluding hydrogens is 218 g/mol. The van der Waals surface area contributed by atoms with Crippen molar-refractivity contribution in [2.45, 2.75) is 6.54 Å². The van der Waals surface area contributed by atoms with Crippen LogP contribution in [0.4, 0.5) is 0 Å². The van der Waals surface area contributed by atoms with Crippen molar-refractivity contribution in [1.29, 1.82) is 0 Å². The Morgan fingerprint density at radius 3 is 3.06 bits per heavy atom. The number of nitrogens with zero attached hydrogens (tertiary/aromatic N) is 3. The van der Waals surface area contributed by atoms with Gasteiger partial charge >= 0.3 is 0 Å². The third kappa shape index (κ3) is 2.31. The number of rotatable bonds is 3. The molecule has 2 aromatic rings. The van der Waals surface area contributed by atoms with Gasteiger partial charge in [-0.1, -0.05) is 0 Å². The second kappa shape index (κ2) is 4.75. The Bertz CT molecular complexity index is 534. The van der Waals surface area contributed by atoms with Crippen LogP contribution in [-0.4, -0.2) is 27.7 Å². The first-order valence-electron chi connectivity index (χ1n) is 5.17. The first-order valence-corrected chi connectivity index (χ1v) is 5.17. The largest absolute Gasteiger partial charge is 0.354 e. The van der Waals surface area contributed by atoms with E-state index < -0.39 is 0 Å². The molecule has 0 aliphatic carbocycles. The maximum atomic E-state index is 11.4. The van der Waals surface area contributed by atoms with Crippen LogP contribution >= 0.6 is 0 Å². The van der Waals surface area contributed by atoms with Gasteiger partial charge in [-0.25, -0.2) is 9.67 Å². The van der Waals surface area contributed by atoms with E-state index in [2.05, 4.69) is 15.4 Å². The average molecular weight is 231 g/mol. The minimum absolute atomic E-state index is 0.223. The van der Waals surface area contributed by atoms with Crippen LogP contribution in [0.5, 0.6) is 0 Å². The molecule has 0 aliphatic heterocycles. The van der Waals surface area contributed by atoms with E-state index in [0.717, 1.165) is 5.56 Å². The van der Waals surface area contributed by atoms with Crippen molar-refractivity contribution in [3.63, 3.8) is 0 Å². The number of hydrogen-bond acceptors (Lipinski definition) is 4. The lowest BCUT2D eigenvalue weighted by Gasteiger charge is -2.02. The fourth-order valence-electron chi connectivity index (χ4n) is 1.41. The Hall–Kier alpha value is -2.21. The normalized spacial score (nSPS) is 10.2. The summed E-state index contributed by atoms with van der Waals surface area (Å²) in [5.41, 5.74) is 6.87. The van der Waals surface area contributed by atoms with Gasteiger partial charge in [0.2, 0.25) is 0 Å². The fraction of sp³-hybridized carbons (Fsp3) is 0.182. The predicted octanol–water partition coefficient (Wildman–Crippen LogP) is 0.0856. The summed E-state index contributed by atoms with van der Waals surface area (Å²) in [6.07, 6.45) is 3.35. The molecular formula is C11H13N5O. The Balaban J connectivity index is 2.33. The van der Waals surface area contributed by atoms with Gasteiger partial charge in [-0.2, -0.15) is 5.10 Å². The van der Waals surface area contributed by atoms with Crippen LogP contribution < -0.4 is 11.1 Å². The molecule has 0 unspecified atom stereocenters. The third-order valence-corrected chi connectivity index (χ3v) is 2.33. The second-order valence-corrected chi connectivity index (χ2v) is 3.45. The highest BCUT2D eigenvalue weighted by molar-refractivity contribution is 5.91. The number of nitrogens with two attached hydrogens (primary N) is 1. The average Bonchev–Trinajstić information content (AvgIpc) is 2.87. The van der Waals surface area contributed by atoms with Crippen molar-refractivity contribution in [3.05, 3.63) is 41.9 Å². The summed E-state index contributed by atoms with van der Waals surface area (Å²) >= 11 is 0. The topological polar surface area (TPSA) is 85.8 Å². The minimum atomic E-state index is -0.223. The van der Waals surface area contributed by atoms with E-state index in [1.165, 1.54) is 0 Å². The molecule has 17 heavy (non-hydrogen) atoms. The number of carbonyl (C=O) groups is 1. The lowest BCUT2D eigenvalue weighted by molar-refractivity contribution is 0.0957. The van der Waals surface area contributed by atoms with Crippen LogP contribution in [0.25, 0.3) is 5.82 Å². The molecule has 0 spiro atoms. The highest BCUT2D eigenvalue weighted by Gasteiger charge is 2.08. The highest BCUT2D eigenvalue weighted by atomic mass is 16.1. The van der Waals surface area contributed by atoms with Crippen LogP contribution in [-0.2, 0) is 6.54 Å². The zero-order valence-corrected chi connectivity index (χ0v) is 9.42. The Morgan fingerprint density at radius 2 is 2.35 bits per heavy atom. The molecule has 2 heterocycles. The molecule has 0 aromatic carbocycles. The van der Waals surface area contributed by atoms with Crippen molar-refractivity contribution < 1.29 is 4.79 Å². The molecule has 0 saturated heterocycles. The standard InChI is InChI=1S/C11H13N5O/c1-13-11(17)9-3-5-16(15-9)10-6-8(7-12)2-4-14-10/h2-6H,7,12H2,1H3,(H,13,17). The summed E-state index contributed by atoms with van der Waals surface area (Å²) in [6.45, 7) is 0.444. The monoisotopic (exact) mass is 231 g/mol. The molecule has 6 heteroatoms. The van der Waals surface area contributed by atoms with Gasteiger partial charge in [-0.15, -0.1) is 0 Å². The van der Waals surface area contributed by atoms with Gasteiger partial charge in [-0.05, 0) is 23.8 Å². The molecule has 0 atom stereocenters. The molecule has 6 nitrogen and oxygen atoms in total. The summed E-state index contributed by atoms with van der Waals surface area (Å²) in [5, 5.41) is 6.64. The molecule has 2 rings (SSSR count). The Morgan fingerprint density at radius 1 is 1.53 bits per heavy atom. The molecule has 0 fully saturated rings. The van der Waals surface area contributed by atoms with Crippen LogP contribution in [0, 0.1) is 0 Å². The van der Waals surface area contributed by atoms with E-state index in [9.17, 15) is 4.79 Å². The second-order valence-electron chi connectivity index (χ2n) is 3.45. The van der Waals surface area contributed by atoms with Gasteiger partial charge in [0.25, 0.3) is 5.91 Å². The van der Waals surface area contributed by atoms with Gasteiger partial charge in [0.05, 0.1) is 0 Å². The van der Waals surface area contributed by atoms with E-state index in [-0.39, 0.29) is 5.91 Å². The summed E-state index contributed by atoms with van der Waals surface area (Å²) < 4.78 is 1.55. The Kier molecular flexibility index (Phi) is 3.15. The number of pyridine rings is 1. The molecule has 88 valence electrons. The zero-order valence-electron chi connectivity index (χ0n) is 9.42. The summed E-state index contributed by atoms with van der Waals surface area (Å²) in [4.78, 5) is 15.5. The molecule has 0 aliphatic rings. The molecule has 0 saturated carbocycles. The van der Waals surface area contributed by atoms with Crippen LogP contribution in [0.3, 0.4) is 0 Å². The maximum absolute atomic E-state index is 11.4. The van der Waals surface area contributed by atoms with Crippen LogP contribution in [0.1, 0.15) is 16.1 Å². The van der Waals surface area contributed by atoms with E-state index in [0.29, 0.717) is 18.1 Å². The van der Waals surface area contributed by atoms with Crippen molar-refractivity contribution in [2.24, 2.45) is 5.73 Å².